The number of ether oxygens (including phenoxy) is 1. The van der Waals surface area contributed by atoms with Crippen molar-refractivity contribution in [3.8, 4) is 0 Å². The Morgan fingerprint density at radius 3 is 2.82 bits per heavy atom. The lowest BCUT2D eigenvalue weighted by molar-refractivity contribution is -0.138. The normalized spacial score (nSPS) is 32.9. The van der Waals surface area contributed by atoms with E-state index in [-0.39, 0.29) is 11.8 Å². The molecule has 1 amide bonds. The van der Waals surface area contributed by atoms with Gasteiger partial charge in [-0.1, -0.05) is 6.42 Å². The summed E-state index contributed by atoms with van der Waals surface area (Å²) in [5.41, 5.74) is 5.81. The fourth-order valence-electron chi connectivity index (χ4n) is 3.22. The van der Waals surface area contributed by atoms with Crippen LogP contribution in [0.3, 0.4) is 0 Å². The Hall–Kier alpha value is -0.610. The summed E-state index contributed by atoms with van der Waals surface area (Å²) in [6, 6.07) is 0.373. The lowest BCUT2D eigenvalue weighted by Gasteiger charge is -2.33. The molecule has 2 aliphatic rings. The number of carbonyl (C=O) groups excluding carboxylic acids is 1. The van der Waals surface area contributed by atoms with Gasteiger partial charge in [0.25, 0.3) is 0 Å². The molecule has 1 aliphatic heterocycles. The number of nitrogens with zero attached hydrogens (tertiary/aromatic N) is 1. The fourth-order valence-corrected chi connectivity index (χ4v) is 3.22. The van der Waals surface area contributed by atoms with E-state index in [1.54, 1.807) is 0 Å². The van der Waals surface area contributed by atoms with Crippen molar-refractivity contribution in [2.75, 3.05) is 26.3 Å². The van der Waals surface area contributed by atoms with E-state index >= 15 is 0 Å². The van der Waals surface area contributed by atoms with Crippen molar-refractivity contribution in [3.63, 3.8) is 0 Å². The van der Waals surface area contributed by atoms with E-state index in [1.807, 2.05) is 0 Å². The molecule has 2 rings (SSSR count). The Bertz CT molecular complexity index is 264. The molecule has 1 aliphatic carbocycles. The second kappa shape index (κ2) is 5.83. The molecular formula is C13H24N2O2. The van der Waals surface area contributed by atoms with E-state index in [0.717, 1.165) is 26.0 Å². The van der Waals surface area contributed by atoms with Crippen LogP contribution < -0.4 is 5.73 Å². The molecule has 3 unspecified atom stereocenters. The standard InChI is InChI=1S/C13H24N2O2/c1-2-15(12-5-3-4-10(12)8-14)13(16)11-6-7-17-9-11/h10-12H,2-9,14H2,1H3. The van der Waals surface area contributed by atoms with Gasteiger partial charge in [-0.05, 0) is 38.6 Å². The van der Waals surface area contributed by atoms with Gasteiger partial charge in [-0.3, -0.25) is 4.79 Å². The number of hydrogen-bond donors (Lipinski definition) is 1. The van der Waals surface area contributed by atoms with Crippen LogP contribution in [0.2, 0.25) is 0 Å². The molecule has 2 N–H and O–H groups in total. The second-order valence-electron chi connectivity index (χ2n) is 5.18. The largest absolute Gasteiger partial charge is 0.381 e. The molecule has 98 valence electrons. The molecule has 0 aromatic heterocycles. The Balaban J connectivity index is 2.01. The maximum absolute atomic E-state index is 12.4. The van der Waals surface area contributed by atoms with Crippen LogP contribution in [0, 0.1) is 11.8 Å². The monoisotopic (exact) mass is 240 g/mol. The summed E-state index contributed by atoms with van der Waals surface area (Å²) < 4.78 is 5.32. The molecular weight excluding hydrogens is 216 g/mol. The summed E-state index contributed by atoms with van der Waals surface area (Å²) >= 11 is 0. The number of nitrogens with two attached hydrogens (primary N) is 1. The predicted molar refractivity (Wildman–Crippen MR) is 66.5 cm³/mol. The number of carbonyl (C=O) groups is 1. The van der Waals surface area contributed by atoms with Crippen molar-refractivity contribution in [2.45, 2.75) is 38.6 Å². The maximum Gasteiger partial charge on any atom is 0.228 e. The molecule has 1 saturated heterocycles. The molecule has 0 radical (unpaired) electrons. The molecule has 3 atom stereocenters. The molecule has 0 bridgehead atoms. The second-order valence-corrected chi connectivity index (χ2v) is 5.18. The summed E-state index contributed by atoms with van der Waals surface area (Å²) in [6.07, 6.45) is 4.38. The molecule has 4 heteroatoms. The first-order valence-corrected chi connectivity index (χ1v) is 6.86. The Kier molecular flexibility index (Phi) is 4.40. The van der Waals surface area contributed by atoms with Crippen LogP contribution in [0.5, 0.6) is 0 Å². The lowest BCUT2D eigenvalue weighted by Crippen LogP contribution is -2.46. The zero-order chi connectivity index (χ0) is 12.3. The smallest absolute Gasteiger partial charge is 0.228 e. The van der Waals surface area contributed by atoms with Gasteiger partial charge in [0.2, 0.25) is 5.91 Å². The van der Waals surface area contributed by atoms with E-state index in [9.17, 15) is 4.79 Å². The highest BCUT2D eigenvalue weighted by Gasteiger charge is 2.36. The van der Waals surface area contributed by atoms with Gasteiger partial charge in [0, 0.05) is 19.2 Å². The topological polar surface area (TPSA) is 55.6 Å². The molecule has 0 spiro atoms. The minimum absolute atomic E-state index is 0.0916. The molecule has 17 heavy (non-hydrogen) atoms. The van der Waals surface area contributed by atoms with Crippen molar-refractivity contribution in [2.24, 2.45) is 17.6 Å². The first kappa shape index (κ1) is 12.8. The minimum atomic E-state index is 0.0916. The number of amides is 1. The van der Waals surface area contributed by atoms with E-state index in [1.165, 1.54) is 12.8 Å². The van der Waals surface area contributed by atoms with Gasteiger partial charge in [0.05, 0.1) is 12.5 Å². The van der Waals surface area contributed by atoms with Crippen LogP contribution in [-0.4, -0.2) is 43.2 Å². The van der Waals surface area contributed by atoms with Gasteiger partial charge in [-0.2, -0.15) is 0 Å². The third-order valence-corrected chi connectivity index (χ3v) is 4.22. The van der Waals surface area contributed by atoms with Crippen molar-refractivity contribution >= 4 is 5.91 Å². The van der Waals surface area contributed by atoms with E-state index in [4.69, 9.17) is 10.5 Å². The van der Waals surface area contributed by atoms with E-state index < -0.39 is 0 Å². The highest BCUT2D eigenvalue weighted by Crippen LogP contribution is 2.30. The molecule has 0 aromatic rings. The summed E-state index contributed by atoms with van der Waals surface area (Å²) in [5.74, 6) is 0.880. The zero-order valence-corrected chi connectivity index (χ0v) is 10.7. The molecule has 4 nitrogen and oxygen atoms in total. The van der Waals surface area contributed by atoms with Gasteiger partial charge in [0.1, 0.15) is 0 Å². The van der Waals surface area contributed by atoms with Gasteiger partial charge >= 0.3 is 0 Å². The molecule has 0 aromatic carbocycles. The third-order valence-electron chi connectivity index (χ3n) is 4.22. The Morgan fingerprint density at radius 1 is 1.41 bits per heavy atom. The number of rotatable bonds is 4. The van der Waals surface area contributed by atoms with Crippen molar-refractivity contribution < 1.29 is 9.53 Å². The van der Waals surface area contributed by atoms with Crippen LogP contribution in [0.15, 0.2) is 0 Å². The first-order chi connectivity index (χ1) is 8.27. The lowest BCUT2D eigenvalue weighted by atomic mass is 9.99. The third kappa shape index (κ3) is 2.63. The fraction of sp³-hybridized carbons (Fsp3) is 0.923. The van der Waals surface area contributed by atoms with Gasteiger partial charge < -0.3 is 15.4 Å². The molecule has 1 saturated carbocycles. The summed E-state index contributed by atoms with van der Waals surface area (Å²) in [4.78, 5) is 14.5. The van der Waals surface area contributed by atoms with Gasteiger partial charge in [0.15, 0.2) is 0 Å². The molecule has 2 fully saturated rings. The van der Waals surface area contributed by atoms with Crippen molar-refractivity contribution in [1.82, 2.24) is 4.90 Å². The maximum atomic E-state index is 12.4. The quantitative estimate of drug-likeness (QED) is 0.797. The average Bonchev–Trinajstić information content (AvgIpc) is 3.01. The van der Waals surface area contributed by atoms with E-state index in [2.05, 4.69) is 11.8 Å². The van der Waals surface area contributed by atoms with E-state index in [0.29, 0.717) is 25.1 Å². The predicted octanol–water partition coefficient (Wildman–Crippen LogP) is 0.999. The van der Waals surface area contributed by atoms with Crippen LogP contribution in [0.1, 0.15) is 32.6 Å². The first-order valence-electron chi connectivity index (χ1n) is 6.86. The average molecular weight is 240 g/mol. The van der Waals surface area contributed by atoms with Crippen LogP contribution in [-0.2, 0) is 9.53 Å². The SMILES string of the molecule is CCN(C(=O)C1CCOC1)C1CCCC1CN. The minimum Gasteiger partial charge on any atom is -0.381 e. The summed E-state index contributed by atoms with van der Waals surface area (Å²) in [5, 5.41) is 0. The summed E-state index contributed by atoms with van der Waals surface area (Å²) in [7, 11) is 0. The van der Waals surface area contributed by atoms with Crippen LogP contribution >= 0.6 is 0 Å². The Labute approximate surface area is 103 Å². The van der Waals surface area contributed by atoms with Crippen LogP contribution in [0.25, 0.3) is 0 Å². The highest BCUT2D eigenvalue weighted by atomic mass is 16.5. The Morgan fingerprint density at radius 2 is 2.24 bits per heavy atom. The summed E-state index contributed by atoms with van der Waals surface area (Å²) in [6.45, 7) is 4.92. The van der Waals surface area contributed by atoms with Crippen LogP contribution in [0.4, 0.5) is 0 Å². The molecule has 1 heterocycles. The van der Waals surface area contributed by atoms with Gasteiger partial charge in [-0.15, -0.1) is 0 Å². The zero-order valence-electron chi connectivity index (χ0n) is 10.7. The van der Waals surface area contributed by atoms with Crippen molar-refractivity contribution in [3.05, 3.63) is 0 Å². The van der Waals surface area contributed by atoms with Gasteiger partial charge in [-0.25, -0.2) is 0 Å². The highest BCUT2D eigenvalue weighted by molar-refractivity contribution is 5.79. The van der Waals surface area contributed by atoms with Crippen molar-refractivity contribution in [1.29, 1.82) is 0 Å². The number of hydrogen-bond acceptors (Lipinski definition) is 3.